The summed E-state index contributed by atoms with van der Waals surface area (Å²) in [6.45, 7) is 6.83. The minimum atomic E-state index is 0.741. The van der Waals surface area contributed by atoms with Crippen LogP contribution < -0.4 is 0 Å². The highest BCUT2D eigenvalue weighted by molar-refractivity contribution is 5.33. The van der Waals surface area contributed by atoms with E-state index in [0.29, 0.717) is 0 Å². The summed E-state index contributed by atoms with van der Waals surface area (Å²) in [4.78, 5) is 0. The molecule has 89 valence electrons. The van der Waals surface area contributed by atoms with Crippen LogP contribution in [-0.2, 0) is 6.42 Å². The second-order valence-corrected chi connectivity index (χ2v) is 5.00. The summed E-state index contributed by atoms with van der Waals surface area (Å²) in [6, 6.07) is 8.83. The summed E-state index contributed by atoms with van der Waals surface area (Å²) in [5.74, 6) is 0.741. The summed E-state index contributed by atoms with van der Waals surface area (Å²) in [6.07, 6.45) is 8.81. The summed E-state index contributed by atoms with van der Waals surface area (Å²) < 4.78 is 0. The highest BCUT2D eigenvalue weighted by atomic mass is 14.1. The zero-order valence-corrected chi connectivity index (χ0v) is 11.0. The van der Waals surface area contributed by atoms with E-state index in [9.17, 15) is 0 Å². The van der Waals surface area contributed by atoms with Crippen LogP contribution in [0.2, 0.25) is 0 Å². The highest BCUT2D eigenvalue weighted by Gasteiger charge is 2.03. The smallest absolute Gasteiger partial charge is 0.00903 e. The number of unbranched alkanes of at least 4 members (excludes halogenated alkanes) is 3. The summed E-state index contributed by atoms with van der Waals surface area (Å²) in [5, 5.41) is 0. The van der Waals surface area contributed by atoms with Crippen LogP contribution in [0.5, 0.6) is 0 Å². The van der Waals surface area contributed by atoms with Gasteiger partial charge in [0.05, 0.1) is 0 Å². The molecule has 0 aliphatic carbocycles. The molecule has 0 N–H and O–H groups in total. The predicted molar refractivity (Wildman–Crippen MR) is 72.5 cm³/mol. The lowest BCUT2D eigenvalue weighted by molar-refractivity contribution is 0.643. The highest BCUT2D eigenvalue weighted by Crippen LogP contribution is 2.18. The summed E-state index contributed by atoms with van der Waals surface area (Å²) >= 11 is 0. The molecule has 0 bridgehead atoms. The third-order valence-corrected chi connectivity index (χ3v) is 2.86. The van der Waals surface area contributed by atoms with E-state index in [1.165, 1.54) is 43.2 Å². The Balaban J connectivity index is 2.50. The molecule has 0 saturated carbocycles. The van der Waals surface area contributed by atoms with Gasteiger partial charge in [0.25, 0.3) is 0 Å². The van der Waals surface area contributed by atoms with Crippen molar-refractivity contribution < 1.29 is 0 Å². The van der Waals surface area contributed by atoms with Gasteiger partial charge < -0.3 is 0 Å². The molecular formula is C16H25. The average molecular weight is 217 g/mol. The Morgan fingerprint density at radius 2 is 1.88 bits per heavy atom. The maximum atomic E-state index is 2.41. The van der Waals surface area contributed by atoms with Gasteiger partial charge in [-0.1, -0.05) is 64.3 Å². The molecule has 0 fully saturated rings. The van der Waals surface area contributed by atoms with Gasteiger partial charge in [-0.2, -0.15) is 0 Å². The van der Waals surface area contributed by atoms with E-state index in [1.54, 1.807) is 0 Å². The Labute approximate surface area is 101 Å². The molecule has 0 nitrogen and oxygen atoms in total. The standard InChI is InChI=1S/C16H25/c1-4-5-6-7-10-15-11-8-9-12-16(15)13-14(2)3/h8-12,14H,4-7,13H2,1-3H3. The topological polar surface area (TPSA) is 0 Å². The minimum Gasteiger partial charge on any atom is -0.0654 e. The van der Waals surface area contributed by atoms with E-state index in [0.717, 1.165) is 5.92 Å². The number of rotatable bonds is 7. The Morgan fingerprint density at radius 3 is 2.56 bits per heavy atom. The molecule has 0 amide bonds. The van der Waals surface area contributed by atoms with Crippen LogP contribution in [0.1, 0.15) is 57.6 Å². The molecule has 0 aromatic heterocycles. The van der Waals surface area contributed by atoms with Gasteiger partial charge in [0.15, 0.2) is 0 Å². The van der Waals surface area contributed by atoms with Crippen molar-refractivity contribution in [1.29, 1.82) is 0 Å². The van der Waals surface area contributed by atoms with E-state index in [4.69, 9.17) is 0 Å². The van der Waals surface area contributed by atoms with Crippen molar-refractivity contribution in [2.75, 3.05) is 0 Å². The van der Waals surface area contributed by atoms with E-state index in [1.807, 2.05) is 0 Å². The van der Waals surface area contributed by atoms with Gasteiger partial charge in [-0.05, 0) is 36.3 Å². The Bertz CT molecular complexity index is 286. The van der Waals surface area contributed by atoms with Crippen molar-refractivity contribution in [2.24, 2.45) is 5.92 Å². The molecule has 0 atom stereocenters. The van der Waals surface area contributed by atoms with E-state index < -0.39 is 0 Å². The van der Waals surface area contributed by atoms with Gasteiger partial charge in [0.2, 0.25) is 0 Å². The quantitative estimate of drug-likeness (QED) is 0.563. The van der Waals surface area contributed by atoms with Crippen molar-refractivity contribution in [3.63, 3.8) is 0 Å². The zero-order valence-electron chi connectivity index (χ0n) is 11.0. The van der Waals surface area contributed by atoms with Crippen LogP contribution in [0.15, 0.2) is 24.3 Å². The summed E-state index contributed by atoms with van der Waals surface area (Å²) in [7, 11) is 0. The Hall–Kier alpha value is -0.780. The third kappa shape index (κ3) is 4.83. The second-order valence-electron chi connectivity index (χ2n) is 5.00. The fourth-order valence-corrected chi connectivity index (χ4v) is 2.01. The normalized spacial score (nSPS) is 11.0. The number of benzene rings is 1. The van der Waals surface area contributed by atoms with Crippen LogP contribution in [-0.4, -0.2) is 0 Å². The van der Waals surface area contributed by atoms with Gasteiger partial charge in [-0.15, -0.1) is 0 Å². The molecule has 1 aromatic carbocycles. The van der Waals surface area contributed by atoms with Crippen LogP contribution in [0, 0.1) is 12.3 Å². The third-order valence-electron chi connectivity index (χ3n) is 2.86. The van der Waals surface area contributed by atoms with Gasteiger partial charge in [-0.3, -0.25) is 0 Å². The number of hydrogen-bond donors (Lipinski definition) is 0. The van der Waals surface area contributed by atoms with E-state index >= 15 is 0 Å². The maximum absolute atomic E-state index is 2.41. The van der Waals surface area contributed by atoms with Gasteiger partial charge >= 0.3 is 0 Å². The van der Waals surface area contributed by atoms with Gasteiger partial charge in [0.1, 0.15) is 0 Å². The minimum absolute atomic E-state index is 0.741. The molecule has 16 heavy (non-hydrogen) atoms. The lowest BCUT2D eigenvalue weighted by atomic mass is 9.95. The second kappa shape index (κ2) is 7.49. The Morgan fingerprint density at radius 1 is 1.12 bits per heavy atom. The number of hydrogen-bond acceptors (Lipinski definition) is 0. The van der Waals surface area contributed by atoms with E-state index in [2.05, 4.69) is 51.5 Å². The molecule has 0 aliphatic rings. The molecule has 0 saturated heterocycles. The van der Waals surface area contributed by atoms with E-state index in [-0.39, 0.29) is 0 Å². The molecule has 0 spiro atoms. The molecule has 0 heterocycles. The SMILES string of the molecule is CCCCC[CH]c1ccccc1CC(C)C. The maximum Gasteiger partial charge on any atom is -0.00903 e. The van der Waals surface area contributed by atoms with Crippen LogP contribution in [0.25, 0.3) is 0 Å². The lowest BCUT2D eigenvalue weighted by Crippen LogP contribution is -1.98. The van der Waals surface area contributed by atoms with Crippen molar-refractivity contribution in [1.82, 2.24) is 0 Å². The lowest BCUT2D eigenvalue weighted by Gasteiger charge is -2.11. The molecular weight excluding hydrogens is 192 g/mol. The van der Waals surface area contributed by atoms with Crippen LogP contribution in [0.3, 0.4) is 0 Å². The monoisotopic (exact) mass is 217 g/mol. The van der Waals surface area contributed by atoms with Gasteiger partial charge in [-0.25, -0.2) is 0 Å². The Kier molecular flexibility index (Phi) is 6.22. The summed E-state index contributed by atoms with van der Waals surface area (Å²) in [5.41, 5.74) is 2.96. The molecule has 0 aliphatic heterocycles. The fourth-order valence-electron chi connectivity index (χ4n) is 2.01. The van der Waals surface area contributed by atoms with Crippen molar-refractivity contribution in [2.45, 2.75) is 52.9 Å². The average Bonchev–Trinajstić information content (AvgIpc) is 2.26. The van der Waals surface area contributed by atoms with Crippen molar-refractivity contribution in [3.05, 3.63) is 41.8 Å². The van der Waals surface area contributed by atoms with Crippen LogP contribution >= 0.6 is 0 Å². The molecule has 0 unspecified atom stereocenters. The van der Waals surface area contributed by atoms with Crippen molar-refractivity contribution in [3.8, 4) is 0 Å². The first-order chi connectivity index (χ1) is 7.74. The fraction of sp³-hybridized carbons (Fsp3) is 0.562. The first-order valence-corrected chi connectivity index (χ1v) is 6.65. The molecule has 1 rings (SSSR count). The zero-order chi connectivity index (χ0) is 11.8. The first kappa shape index (κ1) is 13.3. The first-order valence-electron chi connectivity index (χ1n) is 6.65. The largest absolute Gasteiger partial charge is 0.0654 e. The molecule has 1 aromatic rings. The van der Waals surface area contributed by atoms with Gasteiger partial charge in [0, 0.05) is 0 Å². The van der Waals surface area contributed by atoms with Crippen molar-refractivity contribution >= 4 is 0 Å². The predicted octanol–water partition coefficient (Wildman–Crippen LogP) is 5.02. The van der Waals surface area contributed by atoms with Crippen LogP contribution in [0.4, 0.5) is 0 Å². The molecule has 1 radical (unpaired) electrons. The molecule has 0 heteroatoms.